The van der Waals surface area contributed by atoms with Crippen molar-refractivity contribution in [3.63, 3.8) is 0 Å². The minimum atomic E-state index is -1.08. The van der Waals surface area contributed by atoms with Crippen LogP contribution in [-0.4, -0.2) is 35.7 Å². The summed E-state index contributed by atoms with van der Waals surface area (Å²) in [6, 6.07) is 0. The summed E-state index contributed by atoms with van der Waals surface area (Å²) in [7, 11) is 0. The monoisotopic (exact) mass is 257 g/mol. The van der Waals surface area contributed by atoms with Crippen LogP contribution in [0.3, 0.4) is 0 Å². The van der Waals surface area contributed by atoms with Gasteiger partial charge in [-0.15, -0.1) is 0 Å². The van der Waals surface area contributed by atoms with Gasteiger partial charge in [0.25, 0.3) is 0 Å². The Morgan fingerprint density at radius 3 is 2.39 bits per heavy atom. The molecule has 18 heavy (non-hydrogen) atoms. The first-order valence-electron chi connectivity index (χ1n) is 6.66. The predicted octanol–water partition coefficient (Wildman–Crippen LogP) is 1.56. The quantitative estimate of drug-likeness (QED) is 0.757. The van der Waals surface area contributed by atoms with Gasteiger partial charge in [0.1, 0.15) is 12.1 Å². The van der Waals surface area contributed by atoms with E-state index in [0.717, 1.165) is 19.3 Å². The molecule has 0 bridgehead atoms. The molecule has 1 saturated carbocycles. The number of carbonyl (C=O) groups is 2. The second-order valence-electron chi connectivity index (χ2n) is 4.92. The number of carbonyl (C=O) groups excluding carboxylic acids is 1. The number of hydrogen-bond acceptors (Lipinski definition) is 3. The molecule has 5 heteroatoms. The molecular weight excluding hydrogens is 234 g/mol. The number of carboxylic acids is 1. The van der Waals surface area contributed by atoms with E-state index in [1.54, 1.807) is 6.92 Å². The molecule has 1 fully saturated rings. The summed E-state index contributed by atoms with van der Waals surface area (Å²) in [4.78, 5) is 23.1. The highest BCUT2D eigenvalue weighted by atomic mass is 16.5. The molecule has 0 aromatic heterocycles. The lowest BCUT2D eigenvalue weighted by molar-refractivity contribution is -0.150. The summed E-state index contributed by atoms with van der Waals surface area (Å²) in [5.41, 5.74) is -1.08. The van der Waals surface area contributed by atoms with E-state index in [0.29, 0.717) is 25.4 Å². The molecule has 5 nitrogen and oxygen atoms in total. The fraction of sp³-hybridized carbons (Fsp3) is 0.846. The van der Waals surface area contributed by atoms with E-state index >= 15 is 0 Å². The topological polar surface area (TPSA) is 75.6 Å². The number of amides is 1. The van der Waals surface area contributed by atoms with Gasteiger partial charge in [0.05, 0.1) is 0 Å². The van der Waals surface area contributed by atoms with E-state index in [-0.39, 0.29) is 12.5 Å². The highest BCUT2D eigenvalue weighted by Crippen LogP contribution is 2.33. The van der Waals surface area contributed by atoms with Crippen molar-refractivity contribution in [2.75, 3.05) is 13.2 Å². The molecule has 104 valence electrons. The summed E-state index contributed by atoms with van der Waals surface area (Å²) < 4.78 is 5.00. The fourth-order valence-corrected chi connectivity index (χ4v) is 2.47. The van der Waals surface area contributed by atoms with Crippen LogP contribution in [0, 0.1) is 5.92 Å². The van der Waals surface area contributed by atoms with Crippen LogP contribution in [0.25, 0.3) is 0 Å². The molecule has 1 amide bonds. The van der Waals surface area contributed by atoms with Gasteiger partial charge in [0.2, 0.25) is 5.91 Å². The number of nitrogens with one attached hydrogen (secondary N) is 1. The molecule has 0 aliphatic heterocycles. The van der Waals surface area contributed by atoms with E-state index < -0.39 is 11.5 Å². The minimum Gasteiger partial charge on any atom is -0.480 e. The van der Waals surface area contributed by atoms with Crippen molar-refractivity contribution in [2.24, 2.45) is 5.92 Å². The van der Waals surface area contributed by atoms with Crippen LogP contribution in [0.15, 0.2) is 0 Å². The van der Waals surface area contributed by atoms with Crippen LogP contribution in [0.4, 0.5) is 0 Å². The maximum atomic E-state index is 11.6. The molecule has 1 aliphatic carbocycles. The van der Waals surface area contributed by atoms with Crippen molar-refractivity contribution in [3.8, 4) is 0 Å². The lowest BCUT2D eigenvalue weighted by atomic mass is 9.75. The Balaban J connectivity index is 2.60. The minimum absolute atomic E-state index is 0.0667. The van der Waals surface area contributed by atoms with E-state index in [9.17, 15) is 14.7 Å². The Kier molecular flexibility index (Phi) is 5.59. The summed E-state index contributed by atoms with van der Waals surface area (Å²) in [6.07, 6.45) is 3.81. The first kappa shape index (κ1) is 15.0. The molecule has 1 aliphatic rings. The number of ether oxygens (including phenoxy) is 1. The standard InChI is InChI=1S/C13H23NO4/c1-3-10-5-7-13(8-6-10,12(16)17)14-11(15)9-18-4-2/h10H,3-9H2,1-2H3,(H,14,15)(H,16,17). The van der Waals surface area contributed by atoms with E-state index in [1.807, 2.05) is 0 Å². The molecule has 0 spiro atoms. The Morgan fingerprint density at radius 1 is 1.33 bits per heavy atom. The molecule has 0 radical (unpaired) electrons. The van der Waals surface area contributed by atoms with Crippen LogP contribution >= 0.6 is 0 Å². The second kappa shape index (κ2) is 6.73. The SMILES string of the molecule is CCOCC(=O)NC1(C(=O)O)CCC(CC)CC1. The number of hydrogen-bond donors (Lipinski definition) is 2. The molecule has 0 atom stereocenters. The maximum absolute atomic E-state index is 11.6. The van der Waals surface area contributed by atoms with Gasteiger partial charge in [-0.05, 0) is 38.5 Å². The van der Waals surface area contributed by atoms with Gasteiger partial charge >= 0.3 is 5.97 Å². The third kappa shape index (κ3) is 3.70. The van der Waals surface area contributed by atoms with Crippen molar-refractivity contribution < 1.29 is 19.4 Å². The van der Waals surface area contributed by atoms with E-state index in [1.165, 1.54) is 0 Å². The molecule has 1 rings (SSSR count). The summed E-state index contributed by atoms with van der Waals surface area (Å²) >= 11 is 0. The molecule has 0 aromatic rings. The van der Waals surface area contributed by atoms with Gasteiger partial charge in [-0.1, -0.05) is 13.3 Å². The summed E-state index contributed by atoms with van der Waals surface area (Å²) in [6.45, 7) is 4.30. The van der Waals surface area contributed by atoms with Crippen LogP contribution < -0.4 is 5.32 Å². The van der Waals surface area contributed by atoms with Crippen molar-refractivity contribution in [1.29, 1.82) is 0 Å². The zero-order valence-corrected chi connectivity index (χ0v) is 11.2. The Bertz CT molecular complexity index is 295. The third-order valence-electron chi connectivity index (χ3n) is 3.76. The van der Waals surface area contributed by atoms with Gasteiger partial charge in [-0.3, -0.25) is 4.79 Å². The summed E-state index contributed by atoms with van der Waals surface area (Å²) in [5.74, 6) is -0.683. The lowest BCUT2D eigenvalue weighted by Crippen LogP contribution is -2.57. The highest BCUT2D eigenvalue weighted by molar-refractivity contribution is 5.87. The normalized spacial score (nSPS) is 27.8. The van der Waals surface area contributed by atoms with E-state index in [4.69, 9.17) is 4.74 Å². The Morgan fingerprint density at radius 2 is 1.94 bits per heavy atom. The molecule has 0 heterocycles. The first-order chi connectivity index (χ1) is 8.54. The molecule has 0 saturated heterocycles. The van der Waals surface area contributed by atoms with Crippen LogP contribution in [0.1, 0.15) is 46.0 Å². The number of carboxylic acid groups (broad SMARTS) is 1. The van der Waals surface area contributed by atoms with E-state index in [2.05, 4.69) is 12.2 Å². The average Bonchev–Trinajstić information content (AvgIpc) is 2.37. The summed E-state index contributed by atoms with van der Waals surface area (Å²) in [5, 5.41) is 12.0. The lowest BCUT2D eigenvalue weighted by Gasteiger charge is -2.37. The van der Waals surface area contributed by atoms with Crippen molar-refractivity contribution in [2.45, 2.75) is 51.5 Å². The van der Waals surface area contributed by atoms with Crippen LogP contribution in [0.2, 0.25) is 0 Å². The van der Waals surface area contributed by atoms with Gasteiger partial charge in [-0.2, -0.15) is 0 Å². The number of rotatable bonds is 6. The molecular formula is C13H23NO4. The van der Waals surface area contributed by atoms with Crippen LogP contribution in [-0.2, 0) is 14.3 Å². The zero-order valence-electron chi connectivity index (χ0n) is 11.2. The van der Waals surface area contributed by atoms with Gasteiger partial charge < -0.3 is 15.2 Å². The van der Waals surface area contributed by atoms with Crippen molar-refractivity contribution >= 4 is 11.9 Å². The Hall–Kier alpha value is -1.10. The van der Waals surface area contributed by atoms with Gasteiger partial charge in [0, 0.05) is 6.61 Å². The molecule has 2 N–H and O–H groups in total. The van der Waals surface area contributed by atoms with Gasteiger partial charge in [-0.25, -0.2) is 4.79 Å². The largest absolute Gasteiger partial charge is 0.480 e. The number of aliphatic carboxylic acids is 1. The Labute approximate surface area is 108 Å². The smallest absolute Gasteiger partial charge is 0.329 e. The molecule has 0 unspecified atom stereocenters. The second-order valence-corrected chi connectivity index (χ2v) is 4.92. The highest BCUT2D eigenvalue weighted by Gasteiger charge is 2.42. The molecule has 0 aromatic carbocycles. The zero-order chi connectivity index (χ0) is 13.6. The maximum Gasteiger partial charge on any atom is 0.329 e. The van der Waals surface area contributed by atoms with Gasteiger partial charge in [0.15, 0.2) is 0 Å². The van der Waals surface area contributed by atoms with Crippen LogP contribution in [0.5, 0.6) is 0 Å². The third-order valence-corrected chi connectivity index (χ3v) is 3.76. The average molecular weight is 257 g/mol. The fourth-order valence-electron chi connectivity index (χ4n) is 2.47. The van der Waals surface area contributed by atoms with Crippen molar-refractivity contribution in [1.82, 2.24) is 5.32 Å². The van der Waals surface area contributed by atoms with Crippen molar-refractivity contribution in [3.05, 3.63) is 0 Å². The first-order valence-corrected chi connectivity index (χ1v) is 6.66. The predicted molar refractivity (Wildman–Crippen MR) is 67.3 cm³/mol.